The number of sulfonamides is 1. The van der Waals surface area contributed by atoms with E-state index in [0.717, 1.165) is 24.8 Å². The molecule has 1 fully saturated rings. The number of benzene rings is 2. The summed E-state index contributed by atoms with van der Waals surface area (Å²) < 4.78 is 27.1. The van der Waals surface area contributed by atoms with Gasteiger partial charge in [0.05, 0.1) is 4.90 Å². The summed E-state index contributed by atoms with van der Waals surface area (Å²) in [5, 5.41) is 2.80. The molecule has 1 saturated heterocycles. The van der Waals surface area contributed by atoms with E-state index in [4.69, 9.17) is 5.73 Å². The van der Waals surface area contributed by atoms with Crippen molar-refractivity contribution in [1.29, 1.82) is 0 Å². The van der Waals surface area contributed by atoms with Crippen LogP contribution in [0.3, 0.4) is 0 Å². The number of nitrogen functional groups attached to an aromatic ring is 1. The summed E-state index contributed by atoms with van der Waals surface area (Å²) >= 11 is 0. The van der Waals surface area contributed by atoms with Gasteiger partial charge in [0.15, 0.2) is 0 Å². The molecule has 3 N–H and O–H groups in total. The number of amides is 1. The number of hydrogen-bond acceptors (Lipinski definition) is 4. The molecule has 1 heterocycles. The van der Waals surface area contributed by atoms with Gasteiger partial charge in [-0.2, -0.15) is 4.31 Å². The Morgan fingerprint density at radius 3 is 2.54 bits per heavy atom. The fraction of sp³-hybridized carbons (Fsp3) is 0.316. The van der Waals surface area contributed by atoms with Crippen LogP contribution in [-0.4, -0.2) is 31.7 Å². The van der Waals surface area contributed by atoms with Gasteiger partial charge in [-0.15, -0.1) is 0 Å². The minimum absolute atomic E-state index is 0.149. The Morgan fingerprint density at radius 1 is 1.08 bits per heavy atom. The van der Waals surface area contributed by atoms with Crippen LogP contribution in [0.4, 0.5) is 11.4 Å². The Bertz CT molecular complexity index is 919. The molecule has 0 radical (unpaired) electrons. The predicted molar refractivity (Wildman–Crippen MR) is 103 cm³/mol. The summed E-state index contributed by atoms with van der Waals surface area (Å²) in [7, 11) is -3.57. The molecule has 2 aromatic rings. The van der Waals surface area contributed by atoms with E-state index in [1.165, 1.54) is 16.4 Å². The van der Waals surface area contributed by atoms with Crippen LogP contribution in [0, 0.1) is 6.92 Å². The summed E-state index contributed by atoms with van der Waals surface area (Å²) in [6.07, 6.45) is 2.79. The van der Waals surface area contributed by atoms with E-state index in [0.29, 0.717) is 30.0 Å². The van der Waals surface area contributed by atoms with Gasteiger partial charge in [0, 0.05) is 30.0 Å². The second kappa shape index (κ2) is 7.47. The van der Waals surface area contributed by atoms with Crippen LogP contribution in [-0.2, 0) is 10.0 Å². The Kier molecular flexibility index (Phi) is 5.29. The molecule has 1 aliphatic rings. The molecule has 7 heteroatoms. The highest BCUT2D eigenvalue weighted by molar-refractivity contribution is 7.89. The van der Waals surface area contributed by atoms with Crippen molar-refractivity contribution in [3.63, 3.8) is 0 Å². The lowest BCUT2D eigenvalue weighted by Crippen LogP contribution is -2.35. The second-order valence-corrected chi connectivity index (χ2v) is 8.46. The van der Waals surface area contributed by atoms with Gasteiger partial charge in [-0.25, -0.2) is 8.42 Å². The zero-order valence-corrected chi connectivity index (χ0v) is 15.6. The normalized spacial score (nSPS) is 15.6. The van der Waals surface area contributed by atoms with Gasteiger partial charge < -0.3 is 11.1 Å². The molecule has 1 aliphatic heterocycles. The van der Waals surface area contributed by atoms with Gasteiger partial charge in [-0.05, 0) is 55.7 Å². The lowest BCUT2D eigenvalue weighted by Gasteiger charge is -2.26. The number of carbonyl (C=O) groups excluding carboxylic acids is 1. The molecular formula is C19H23N3O3S. The topological polar surface area (TPSA) is 92.5 Å². The van der Waals surface area contributed by atoms with E-state index < -0.39 is 10.0 Å². The first-order chi connectivity index (χ1) is 12.4. The van der Waals surface area contributed by atoms with E-state index in [1.807, 2.05) is 13.0 Å². The number of nitrogens with one attached hydrogen (secondary N) is 1. The monoisotopic (exact) mass is 373 g/mol. The second-order valence-electron chi connectivity index (χ2n) is 6.52. The quantitative estimate of drug-likeness (QED) is 0.806. The van der Waals surface area contributed by atoms with Crippen molar-refractivity contribution in [3.8, 4) is 0 Å². The molecule has 26 heavy (non-hydrogen) atoms. The van der Waals surface area contributed by atoms with Crippen molar-refractivity contribution >= 4 is 27.3 Å². The molecule has 0 spiro atoms. The first-order valence-electron chi connectivity index (χ1n) is 8.65. The third kappa shape index (κ3) is 3.89. The van der Waals surface area contributed by atoms with Crippen LogP contribution >= 0.6 is 0 Å². The zero-order chi connectivity index (χ0) is 18.7. The molecule has 1 amide bonds. The van der Waals surface area contributed by atoms with Crippen LogP contribution < -0.4 is 11.1 Å². The van der Waals surface area contributed by atoms with Crippen molar-refractivity contribution in [2.24, 2.45) is 0 Å². The van der Waals surface area contributed by atoms with Crippen molar-refractivity contribution in [1.82, 2.24) is 4.31 Å². The molecule has 3 rings (SSSR count). The van der Waals surface area contributed by atoms with Crippen LogP contribution in [0.5, 0.6) is 0 Å². The minimum Gasteiger partial charge on any atom is -0.399 e. The lowest BCUT2D eigenvalue weighted by atomic mass is 10.1. The number of carbonyl (C=O) groups is 1. The van der Waals surface area contributed by atoms with Crippen LogP contribution in [0.2, 0.25) is 0 Å². The van der Waals surface area contributed by atoms with Gasteiger partial charge in [0.25, 0.3) is 5.91 Å². The van der Waals surface area contributed by atoms with Crippen LogP contribution in [0.1, 0.15) is 35.2 Å². The van der Waals surface area contributed by atoms with Crippen molar-refractivity contribution in [3.05, 3.63) is 53.6 Å². The number of nitrogens with zero attached hydrogens (tertiary/aromatic N) is 1. The molecule has 0 atom stereocenters. The highest BCUT2D eigenvalue weighted by Gasteiger charge is 2.26. The Labute approximate surface area is 154 Å². The maximum atomic E-state index is 12.8. The predicted octanol–water partition coefficient (Wildman–Crippen LogP) is 3.00. The van der Waals surface area contributed by atoms with Gasteiger partial charge in [-0.3, -0.25) is 4.79 Å². The summed E-state index contributed by atoms with van der Waals surface area (Å²) in [6, 6.07) is 11.4. The largest absolute Gasteiger partial charge is 0.399 e. The molecule has 0 unspecified atom stereocenters. The standard InChI is InChI=1S/C19H23N3O3S/c1-14-8-9-16(20)13-18(14)21-19(23)15-6-5-7-17(12-15)26(24,25)22-10-3-2-4-11-22/h5-9,12-13H,2-4,10-11,20H2,1H3,(H,21,23). The summed E-state index contributed by atoms with van der Waals surface area (Å²) in [5.74, 6) is -0.366. The SMILES string of the molecule is Cc1ccc(N)cc1NC(=O)c1cccc(S(=O)(=O)N2CCCCC2)c1. The van der Waals surface area contributed by atoms with Crippen molar-refractivity contribution in [2.45, 2.75) is 31.1 Å². The highest BCUT2D eigenvalue weighted by atomic mass is 32.2. The molecule has 0 aliphatic carbocycles. The van der Waals surface area contributed by atoms with Crippen molar-refractivity contribution in [2.75, 3.05) is 24.1 Å². The molecular weight excluding hydrogens is 350 g/mol. The average Bonchev–Trinajstić information content (AvgIpc) is 2.65. The summed E-state index contributed by atoms with van der Waals surface area (Å²) in [5.41, 5.74) is 8.10. The first kappa shape index (κ1) is 18.4. The number of hydrogen-bond donors (Lipinski definition) is 2. The molecule has 0 aromatic heterocycles. The number of anilines is 2. The number of rotatable bonds is 4. The van der Waals surface area contributed by atoms with Crippen molar-refractivity contribution < 1.29 is 13.2 Å². The van der Waals surface area contributed by atoms with E-state index in [-0.39, 0.29) is 10.8 Å². The van der Waals surface area contributed by atoms with Gasteiger partial charge in [0.2, 0.25) is 10.0 Å². The molecule has 138 valence electrons. The average molecular weight is 373 g/mol. The summed E-state index contributed by atoms with van der Waals surface area (Å²) in [4.78, 5) is 12.7. The molecule has 2 aromatic carbocycles. The van der Waals surface area contributed by atoms with Crippen LogP contribution in [0.15, 0.2) is 47.4 Å². The Hall–Kier alpha value is -2.38. The highest BCUT2D eigenvalue weighted by Crippen LogP contribution is 2.23. The maximum Gasteiger partial charge on any atom is 0.255 e. The fourth-order valence-electron chi connectivity index (χ4n) is 3.02. The molecule has 0 saturated carbocycles. The number of nitrogens with two attached hydrogens (primary N) is 1. The fourth-order valence-corrected chi connectivity index (χ4v) is 4.58. The molecule has 6 nitrogen and oxygen atoms in total. The molecule has 0 bridgehead atoms. The van der Waals surface area contributed by atoms with Crippen LogP contribution in [0.25, 0.3) is 0 Å². The lowest BCUT2D eigenvalue weighted by molar-refractivity contribution is 0.102. The van der Waals surface area contributed by atoms with E-state index in [1.54, 1.807) is 24.3 Å². The van der Waals surface area contributed by atoms with E-state index in [2.05, 4.69) is 5.32 Å². The van der Waals surface area contributed by atoms with Gasteiger partial charge in [0.1, 0.15) is 0 Å². The van der Waals surface area contributed by atoms with E-state index in [9.17, 15) is 13.2 Å². The maximum absolute atomic E-state index is 12.8. The zero-order valence-electron chi connectivity index (χ0n) is 14.7. The Balaban J connectivity index is 1.84. The Morgan fingerprint density at radius 2 is 1.81 bits per heavy atom. The smallest absolute Gasteiger partial charge is 0.255 e. The minimum atomic E-state index is -3.57. The number of aryl methyl sites for hydroxylation is 1. The van der Waals surface area contributed by atoms with Gasteiger partial charge in [-0.1, -0.05) is 18.6 Å². The summed E-state index contributed by atoms with van der Waals surface area (Å²) in [6.45, 7) is 2.93. The van der Waals surface area contributed by atoms with Gasteiger partial charge >= 0.3 is 0 Å². The third-order valence-electron chi connectivity index (χ3n) is 4.56. The number of piperidine rings is 1. The third-order valence-corrected chi connectivity index (χ3v) is 6.45. The van der Waals surface area contributed by atoms with E-state index >= 15 is 0 Å². The first-order valence-corrected chi connectivity index (χ1v) is 10.1.